The molecule has 20 heavy (non-hydrogen) atoms. The zero-order chi connectivity index (χ0) is 14.7. The Morgan fingerprint density at radius 2 is 1.80 bits per heavy atom. The summed E-state index contributed by atoms with van der Waals surface area (Å²) in [6.07, 6.45) is 0. The maximum Gasteiger partial charge on any atom is 0.258 e. The average Bonchev–Trinajstić information content (AvgIpc) is 2.41. The standard InChI is InChI=1S/C15H11F2NO2/c1-9(19)10-3-2-4-12(7-10)18-15(20)13-8-11(16)5-6-14(13)17/h2-8H,1H3,(H,18,20). The van der Waals surface area contributed by atoms with Crippen LogP contribution in [0.3, 0.4) is 0 Å². The van der Waals surface area contributed by atoms with E-state index in [9.17, 15) is 18.4 Å². The van der Waals surface area contributed by atoms with Gasteiger partial charge in [-0.15, -0.1) is 0 Å². The minimum atomic E-state index is -0.813. The van der Waals surface area contributed by atoms with Crippen LogP contribution in [0.4, 0.5) is 14.5 Å². The molecule has 0 aliphatic rings. The molecule has 0 unspecified atom stereocenters. The van der Waals surface area contributed by atoms with Crippen molar-refractivity contribution in [3.05, 3.63) is 65.2 Å². The first kappa shape index (κ1) is 13.9. The van der Waals surface area contributed by atoms with Gasteiger partial charge in [-0.25, -0.2) is 8.78 Å². The number of benzene rings is 2. The van der Waals surface area contributed by atoms with Crippen LogP contribution in [-0.4, -0.2) is 11.7 Å². The fourth-order valence-corrected chi connectivity index (χ4v) is 1.69. The zero-order valence-corrected chi connectivity index (χ0v) is 10.6. The highest BCUT2D eigenvalue weighted by atomic mass is 19.1. The maximum atomic E-state index is 13.4. The molecule has 0 radical (unpaired) electrons. The van der Waals surface area contributed by atoms with Crippen molar-refractivity contribution in [3.63, 3.8) is 0 Å². The van der Waals surface area contributed by atoms with Crippen LogP contribution in [0.15, 0.2) is 42.5 Å². The van der Waals surface area contributed by atoms with Gasteiger partial charge in [0.15, 0.2) is 5.78 Å². The molecule has 0 aromatic heterocycles. The Morgan fingerprint density at radius 3 is 2.50 bits per heavy atom. The molecule has 2 aromatic rings. The van der Waals surface area contributed by atoms with Gasteiger partial charge in [-0.05, 0) is 37.3 Å². The van der Waals surface area contributed by atoms with Gasteiger partial charge in [-0.3, -0.25) is 9.59 Å². The van der Waals surface area contributed by atoms with E-state index in [2.05, 4.69) is 5.32 Å². The van der Waals surface area contributed by atoms with Gasteiger partial charge in [0.1, 0.15) is 11.6 Å². The minimum Gasteiger partial charge on any atom is -0.322 e. The topological polar surface area (TPSA) is 46.2 Å². The summed E-state index contributed by atoms with van der Waals surface area (Å²) in [5, 5.41) is 2.42. The van der Waals surface area contributed by atoms with Gasteiger partial charge in [0.25, 0.3) is 5.91 Å². The van der Waals surface area contributed by atoms with Gasteiger partial charge < -0.3 is 5.32 Å². The van der Waals surface area contributed by atoms with Crippen molar-refractivity contribution in [2.45, 2.75) is 6.92 Å². The highest BCUT2D eigenvalue weighted by Gasteiger charge is 2.13. The van der Waals surface area contributed by atoms with Gasteiger partial charge in [-0.1, -0.05) is 12.1 Å². The Balaban J connectivity index is 2.25. The quantitative estimate of drug-likeness (QED) is 0.872. The molecule has 0 aliphatic heterocycles. The van der Waals surface area contributed by atoms with Crippen LogP contribution in [-0.2, 0) is 0 Å². The molecule has 1 N–H and O–H groups in total. The Labute approximate surface area is 114 Å². The number of ketones is 1. The molecule has 2 aromatic carbocycles. The summed E-state index contributed by atoms with van der Waals surface area (Å²) in [6.45, 7) is 1.40. The number of hydrogen-bond donors (Lipinski definition) is 1. The fourth-order valence-electron chi connectivity index (χ4n) is 1.69. The van der Waals surface area contributed by atoms with Crippen molar-refractivity contribution >= 4 is 17.4 Å². The molecular weight excluding hydrogens is 264 g/mol. The van der Waals surface area contributed by atoms with Gasteiger partial charge in [-0.2, -0.15) is 0 Å². The number of carbonyl (C=O) groups excluding carboxylic acids is 2. The zero-order valence-electron chi connectivity index (χ0n) is 10.6. The molecule has 5 heteroatoms. The Bertz CT molecular complexity index is 683. The van der Waals surface area contributed by atoms with E-state index in [1.54, 1.807) is 18.2 Å². The van der Waals surface area contributed by atoms with Crippen molar-refractivity contribution in [1.29, 1.82) is 0 Å². The average molecular weight is 275 g/mol. The molecule has 0 heterocycles. The Morgan fingerprint density at radius 1 is 1.05 bits per heavy atom. The first-order valence-corrected chi connectivity index (χ1v) is 5.85. The number of hydrogen-bond acceptors (Lipinski definition) is 2. The molecule has 3 nitrogen and oxygen atoms in total. The van der Waals surface area contributed by atoms with E-state index in [0.29, 0.717) is 11.3 Å². The third-order valence-electron chi connectivity index (χ3n) is 2.70. The van der Waals surface area contributed by atoms with E-state index in [-0.39, 0.29) is 5.78 Å². The van der Waals surface area contributed by atoms with Crippen LogP contribution in [0.1, 0.15) is 27.6 Å². The molecular formula is C15H11F2NO2. The predicted octanol–water partition coefficient (Wildman–Crippen LogP) is 3.42. The third kappa shape index (κ3) is 3.06. The second kappa shape index (κ2) is 5.61. The summed E-state index contributed by atoms with van der Waals surface area (Å²) in [5.74, 6) is -2.44. The lowest BCUT2D eigenvalue weighted by Crippen LogP contribution is -2.14. The fraction of sp³-hybridized carbons (Fsp3) is 0.0667. The van der Waals surface area contributed by atoms with Crippen LogP contribution in [0.2, 0.25) is 0 Å². The van der Waals surface area contributed by atoms with Crippen molar-refractivity contribution in [1.82, 2.24) is 0 Å². The molecule has 0 saturated carbocycles. The molecule has 102 valence electrons. The number of anilines is 1. The number of rotatable bonds is 3. The molecule has 0 fully saturated rings. The van der Waals surface area contributed by atoms with E-state index in [1.807, 2.05) is 0 Å². The number of carbonyl (C=O) groups is 2. The highest BCUT2D eigenvalue weighted by molar-refractivity contribution is 6.05. The van der Waals surface area contributed by atoms with E-state index in [0.717, 1.165) is 18.2 Å². The van der Waals surface area contributed by atoms with Crippen LogP contribution < -0.4 is 5.32 Å². The largest absolute Gasteiger partial charge is 0.322 e. The molecule has 0 spiro atoms. The molecule has 0 saturated heterocycles. The van der Waals surface area contributed by atoms with Crippen LogP contribution in [0.25, 0.3) is 0 Å². The van der Waals surface area contributed by atoms with E-state index < -0.39 is 23.1 Å². The highest BCUT2D eigenvalue weighted by Crippen LogP contribution is 2.15. The monoisotopic (exact) mass is 275 g/mol. The summed E-state index contributed by atoms with van der Waals surface area (Å²) in [5.41, 5.74) is 0.368. The molecule has 0 aliphatic carbocycles. The van der Waals surface area contributed by atoms with Gasteiger partial charge in [0.2, 0.25) is 0 Å². The summed E-state index contributed by atoms with van der Waals surface area (Å²) in [4.78, 5) is 23.1. The lowest BCUT2D eigenvalue weighted by Gasteiger charge is -2.07. The summed E-state index contributed by atoms with van der Waals surface area (Å²) < 4.78 is 26.5. The van der Waals surface area contributed by atoms with Crippen LogP contribution in [0, 0.1) is 11.6 Å². The van der Waals surface area contributed by atoms with E-state index >= 15 is 0 Å². The van der Waals surface area contributed by atoms with Crippen molar-refractivity contribution in [2.24, 2.45) is 0 Å². The lowest BCUT2D eigenvalue weighted by molar-refractivity contribution is 0.100. The third-order valence-corrected chi connectivity index (χ3v) is 2.70. The van der Waals surface area contributed by atoms with E-state index in [1.165, 1.54) is 13.0 Å². The number of Topliss-reactive ketones (excluding diaryl/α,β-unsaturated/α-hetero) is 1. The van der Waals surface area contributed by atoms with Crippen molar-refractivity contribution < 1.29 is 18.4 Å². The number of amides is 1. The summed E-state index contributed by atoms with van der Waals surface area (Å²) in [7, 11) is 0. The van der Waals surface area contributed by atoms with Crippen molar-refractivity contribution in [3.8, 4) is 0 Å². The first-order valence-electron chi connectivity index (χ1n) is 5.85. The van der Waals surface area contributed by atoms with Crippen LogP contribution in [0.5, 0.6) is 0 Å². The van der Waals surface area contributed by atoms with Crippen LogP contribution >= 0.6 is 0 Å². The van der Waals surface area contributed by atoms with Gasteiger partial charge >= 0.3 is 0 Å². The summed E-state index contributed by atoms with van der Waals surface area (Å²) in [6, 6.07) is 8.85. The second-order valence-electron chi connectivity index (χ2n) is 4.22. The molecule has 1 amide bonds. The Kier molecular flexibility index (Phi) is 3.89. The lowest BCUT2D eigenvalue weighted by atomic mass is 10.1. The number of halogens is 2. The van der Waals surface area contributed by atoms with Gasteiger partial charge in [0.05, 0.1) is 5.56 Å². The van der Waals surface area contributed by atoms with E-state index in [4.69, 9.17) is 0 Å². The normalized spacial score (nSPS) is 10.2. The Hall–Kier alpha value is -2.56. The predicted molar refractivity (Wildman–Crippen MR) is 70.8 cm³/mol. The molecule has 0 atom stereocenters. The smallest absolute Gasteiger partial charge is 0.258 e. The SMILES string of the molecule is CC(=O)c1cccc(NC(=O)c2cc(F)ccc2F)c1. The second-order valence-corrected chi connectivity index (χ2v) is 4.22. The summed E-state index contributed by atoms with van der Waals surface area (Å²) >= 11 is 0. The van der Waals surface area contributed by atoms with Crippen molar-refractivity contribution in [2.75, 3.05) is 5.32 Å². The first-order chi connectivity index (χ1) is 9.47. The minimum absolute atomic E-state index is 0.155. The maximum absolute atomic E-state index is 13.4. The number of nitrogens with one attached hydrogen (secondary N) is 1. The molecule has 0 bridgehead atoms. The van der Waals surface area contributed by atoms with Gasteiger partial charge in [0, 0.05) is 11.3 Å². The molecule has 2 rings (SSSR count).